The number of nitrogens with zero attached hydrogens (tertiary/aromatic N) is 1. The summed E-state index contributed by atoms with van der Waals surface area (Å²) in [6.45, 7) is 5.42. The molecule has 2 heteroatoms. The molecule has 0 aliphatic heterocycles. The average molecular weight is 193 g/mol. The molecular weight excluding hydrogens is 177 g/mol. The first-order valence-corrected chi connectivity index (χ1v) is 4.88. The highest BCUT2D eigenvalue weighted by atomic mass is 19.1. The van der Waals surface area contributed by atoms with E-state index in [-0.39, 0.29) is 6.04 Å². The number of alkyl halides is 1. The number of rotatable bonds is 3. The van der Waals surface area contributed by atoms with Crippen LogP contribution in [0.25, 0.3) is 0 Å². The van der Waals surface area contributed by atoms with Gasteiger partial charge >= 0.3 is 0 Å². The van der Waals surface area contributed by atoms with Crippen LogP contribution in [0.5, 0.6) is 0 Å². The molecule has 0 aromatic heterocycles. The Balaban J connectivity index is 3.01. The number of benzene rings is 1. The van der Waals surface area contributed by atoms with Gasteiger partial charge in [0.15, 0.2) is 0 Å². The van der Waals surface area contributed by atoms with Crippen LogP contribution in [-0.2, 0) is 0 Å². The van der Waals surface area contributed by atoms with Crippen molar-refractivity contribution in [3.8, 4) is 0 Å². The van der Waals surface area contributed by atoms with Crippen LogP contribution in [0.3, 0.4) is 0 Å². The van der Waals surface area contributed by atoms with Crippen LogP contribution in [0.15, 0.2) is 35.3 Å². The highest BCUT2D eigenvalue weighted by Crippen LogP contribution is 2.08. The van der Waals surface area contributed by atoms with E-state index in [1.54, 1.807) is 0 Å². The Labute approximate surface area is 84.7 Å². The van der Waals surface area contributed by atoms with Gasteiger partial charge in [-0.25, -0.2) is 4.39 Å². The summed E-state index contributed by atoms with van der Waals surface area (Å²) >= 11 is 0. The number of hydrogen-bond acceptors (Lipinski definition) is 1. The van der Waals surface area contributed by atoms with E-state index >= 15 is 0 Å². The summed E-state index contributed by atoms with van der Waals surface area (Å²) in [6.07, 6.45) is -1.01. The van der Waals surface area contributed by atoms with E-state index in [2.05, 4.69) is 4.99 Å². The Hall–Kier alpha value is -1.18. The van der Waals surface area contributed by atoms with Crippen LogP contribution in [0.1, 0.15) is 26.3 Å². The summed E-state index contributed by atoms with van der Waals surface area (Å²) in [5, 5.41) is 0. The molecule has 1 nitrogen and oxygen atoms in total. The van der Waals surface area contributed by atoms with E-state index in [0.29, 0.717) is 5.71 Å². The molecule has 0 amide bonds. The number of hydrogen-bond donors (Lipinski definition) is 0. The van der Waals surface area contributed by atoms with Gasteiger partial charge in [-0.15, -0.1) is 0 Å². The molecule has 0 heterocycles. The SMILES string of the molecule is CC(C)N=C(c1ccccc1)C(C)F. The van der Waals surface area contributed by atoms with Gasteiger partial charge in [-0.3, -0.25) is 4.99 Å². The third-order valence-electron chi connectivity index (χ3n) is 1.84. The normalized spacial score (nSPS) is 14.5. The van der Waals surface area contributed by atoms with Gasteiger partial charge in [0.05, 0.1) is 5.71 Å². The standard InChI is InChI=1S/C12H16FN/c1-9(2)14-12(10(3)13)11-7-5-4-6-8-11/h4-10H,1-3H3. The van der Waals surface area contributed by atoms with Crippen molar-refractivity contribution < 1.29 is 4.39 Å². The lowest BCUT2D eigenvalue weighted by molar-refractivity contribution is 0.453. The fourth-order valence-corrected chi connectivity index (χ4v) is 1.29. The summed E-state index contributed by atoms with van der Waals surface area (Å²) in [7, 11) is 0. The minimum Gasteiger partial charge on any atom is -0.283 e. The lowest BCUT2D eigenvalue weighted by atomic mass is 10.1. The van der Waals surface area contributed by atoms with E-state index in [1.807, 2.05) is 44.2 Å². The molecule has 0 radical (unpaired) electrons. The predicted molar refractivity (Wildman–Crippen MR) is 58.7 cm³/mol. The highest BCUT2D eigenvalue weighted by molar-refractivity contribution is 6.03. The molecule has 0 saturated carbocycles. The predicted octanol–water partition coefficient (Wildman–Crippen LogP) is 3.24. The van der Waals surface area contributed by atoms with Crippen molar-refractivity contribution in [2.24, 2.45) is 4.99 Å². The molecule has 0 aliphatic carbocycles. The van der Waals surface area contributed by atoms with Crippen LogP contribution in [0.2, 0.25) is 0 Å². The molecule has 1 unspecified atom stereocenters. The van der Waals surface area contributed by atoms with Crippen molar-refractivity contribution in [2.75, 3.05) is 0 Å². The average Bonchev–Trinajstić information content (AvgIpc) is 2.15. The van der Waals surface area contributed by atoms with Gasteiger partial charge in [-0.2, -0.15) is 0 Å². The lowest BCUT2D eigenvalue weighted by Gasteiger charge is -2.09. The van der Waals surface area contributed by atoms with Crippen molar-refractivity contribution in [3.63, 3.8) is 0 Å². The van der Waals surface area contributed by atoms with Crippen LogP contribution in [0, 0.1) is 0 Å². The Bertz CT molecular complexity index is 301. The largest absolute Gasteiger partial charge is 0.283 e. The van der Waals surface area contributed by atoms with E-state index in [4.69, 9.17) is 0 Å². The summed E-state index contributed by atoms with van der Waals surface area (Å²) in [6, 6.07) is 9.61. The summed E-state index contributed by atoms with van der Waals surface area (Å²) in [4.78, 5) is 4.29. The van der Waals surface area contributed by atoms with Gasteiger partial charge in [0, 0.05) is 6.04 Å². The zero-order valence-corrected chi connectivity index (χ0v) is 8.87. The molecule has 0 aliphatic rings. The molecule has 1 aromatic rings. The molecule has 1 aromatic carbocycles. The molecular formula is C12H16FN. The Kier molecular flexibility index (Phi) is 3.81. The first kappa shape index (κ1) is 10.9. The van der Waals surface area contributed by atoms with E-state index < -0.39 is 6.17 Å². The van der Waals surface area contributed by atoms with E-state index in [1.165, 1.54) is 6.92 Å². The summed E-state index contributed by atoms with van der Waals surface area (Å²) < 4.78 is 13.3. The van der Waals surface area contributed by atoms with Crippen molar-refractivity contribution >= 4 is 5.71 Å². The lowest BCUT2D eigenvalue weighted by Crippen LogP contribution is -2.15. The van der Waals surface area contributed by atoms with Crippen molar-refractivity contribution in [1.82, 2.24) is 0 Å². The second-order valence-corrected chi connectivity index (χ2v) is 3.59. The molecule has 1 rings (SSSR count). The first-order chi connectivity index (χ1) is 6.61. The summed E-state index contributed by atoms with van der Waals surface area (Å²) in [5.41, 5.74) is 1.41. The smallest absolute Gasteiger partial charge is 0.139 e. The molecule has 0 saturated heterocycles. The second-order valence-electron chi connectivity index (χ2n) is 3.59. The van der Waals surface area contributed by atoms with Gasteiger partial charge in [0.25, 0.3) is 0 Å². The Morgan fingerprint density at radius 1 is 1.14 bits per heavy atom. The Morgan fingerprint density at radius 2 is 1.71 bits per heavy atom. The minimum atomic E-state index is -1.01. The van der Waals surface area contributed by atoms with Gasteiger partial charge in [-0.1, -0.05) is 30.3 Å². The first-order valence-electron chi connectivity index (χ1n) is 4.88. The van der Waals surface area contributed by atoms with Crippen LogP contribution < -0.4 is 0 Å². The maximum Gasteiger partial charge on any atom is 0.139 e. The molecule has 1 atom stereocenters. The van der Waals surface area contributed by atoms with Gasteiger partial charge < -0.3 is 0 Å². The fourth-order valence-electron chi connectivity index (χ4n) is 1.29. The maximum absolute atomic E-state index is 13.3. The zero-order chi connectivity index (χ0) is 10.6. The molecule has 76 valence electrons. The molecule has 0 spiro atoms. The third kappa shape index (κ3) is 2.95. The summed E-state index contributed by atoms with van der Waals surface area (Å²) in [5.74, 6) is 0. The molecule has 0 fully saturated rings. The number of halogens is 1. The van der Waals surface area contributed by atoms with Crippen LogP contribution in [0.4, 0.5) is 4.39 Å². The van der Waals surface area contributed by atoms with Gasteiger partial charge in [0.1, 0.15) is 6.17 Å². The molecule has 14 heavy (non-hydrogen) atoms. The molecule has 0 bridgehead atoms. The van der Waals surface area contributed by atoms with Crippen LogP contribution in [-0.4, -0.2) is 17.9 Å². The van der Waals surface area contributed by atoms with Gasteiger partial charge in [0.2, 0.25) is 0 Å². The van der Waals surface area contributed by atoms with Crippen molar-refractivity contribution in [2.45, 2.75) is 33.0 Å². The quantitative estimate of drug-likeness (QED) is 0.653. The topological polar surface area (TPSA) is 12.4 Å². The van der Waals surface area contributed by atoms with Crippen molar-refractivity contribution in [1.29, 1.82) is 0 Å². The zero-order valence-electron chi connectivity index (χ0n) is 8.87. The second kappa shape index (κ2) is 4.89. The number of aliphatic imine (C=N–C) groups is 1. The van der Waals surface area contributed by atoms with Crippen molar-refractivity contribution in [3.05, 3.63) is 35.9 Å². The third-order valence-corrected chi connectivity index (χ3v) is 1.84. The molecule has 0 N–H and O–H groups in total. The van der Waals surface area contributed by atoms with E-state index in [0.717, 1.165) is 5.56 Å². The minimum absolute atomic E-state index is 0.128. The fraction of sp³-hybridized carbons (Fsp3) is 0.417. The Morgan fingerprint density at radius 3 is 2.14 bits per heavy atom. The van der Waals surface area contributed by atoms with E-state index in [9.17, 15) is 4.39 Å². The van der Waals surface area contributed by atoms with Gasteiger partial charge in [-0.05, 0) is 26.3 Å². The monoisotopic (exact) mass is 193 g/mol. The highest BCUT2D eigenvalue weighted by Gasteiger charge is 2.11. The maximum atomic E-state index is 13.3. The van der Waals surface area contributed by atoms with Crippen LogP contribution >= 0.6 is 0 Å².